The second-order valence-electron chi connectivity index (χ2n) is 3.30. The molecule has 2 rings (SSSR count). The molecule has 0 aliphatic rings. The van der Waals surface area contributed by atoms with Gasteiger partial charge in [-0.25, -0.2) is 4.98 Å². The fraction of sp³-hybridized carbons (Fsp3) is 0.0714. The molecule has 0 radical (unpaired) electrons. The second-order valence-corrected chi connectivity index (χ2v) is 3.30. The van der Waals surface area contributed by atoms with Crippen molar-refractivity contribution >= 4 is 5.82 Å². The molecule has 0 atom stereocenters. The van der Waals surface area contributed by atoms with Crippen LogP contribution in [0, 0.1) is 11.8 Å². The Bertz CT molecular complexity index is 521. The zero-order valence-electron chi connectivity index (χ0n) is 9.07. The van der Waals surface area contributed by atoms with E-state index in [0.29, 0.717) is 0 Å². The van der Waals surface area contributed by atoms with Crippen LogP contribution in [0.25, 0.3) is 0 Å². The van der Waals surface area contributed by atoms with Crippen LogP contribution in [0.2, 0.25) is 0 Å². The van der Waals surface area contributed by atoms with E-state index in [-0.39, 0.29) is 0 Å². The van der Waals surface area contributed by atoms with Gasteiger partial charge in [0.2, 0.25) is 0 Å². The Kier molecular flexibility index (Phi) is 3.20. The molecule has 0 saturated carbocycles. The third kappa shape index (κ3) is 2.61. The van der Waals surface area contributed by atoms with Crippen LogP contribution in [0.1, 0.15) is 11.1 Å². The van der Waals surface area contributed by atoms with Gasteiger partial charge < -0.3 is 5.32 Å². The SMILES string of the molecule is CNc1cc(C#Cc2ccccc2)ccn1. The standard InChI is InChI=1S/C14H12N2/c1-15-14-11-13(9-10-16-14)8-7-12-5-3-2-4-6-12/h2-6,9-11H,1H3,(H,15,16). The van der Waals surface area contributed by atoms with E-state index in [2.05, 4.69) is 22.1 Å². The van der Waals surface area contributed by atoms with Crippen molar-refractivity contribution in [2.75, 3.05) is 12.4 Å². The Morgan fingerprint density at radius 3 is 2.50 bits per heavy atom. The highest BCUT2D eigenvalue weighted by Crippen LogP contribution is 2.04. The van der Waals surface area contributed by atoms with Crippen molar-refractivity contribution in [2.45, 2.75) is 0 Å². The molecule has 0 saturated heterocycles. The molecule has 0 aliphatic heterocycles. The molecule has 1 aromatic heterocycles. The van der Waals surface area contributed by atoms with Crippen molar-refractivity contribution in [1.29, 1.82) is 0 Å². The summed E-state index contributed by atoms with van der Waals surface area (Å²) in [7, 11) is 1.84. The average molecular weight is 208 g/mol. The quantitative estimate of drug-likeness (QED) is 0.728. The highest BCUT2D eigenvalue weighted by atomic mass is 14.9. The Balaban J connectivity index is 2.24. The number of pyridine rings is 1. The highest BCUT2D eigenvalue weighted by Gasteiger charge is 1.90. The number of nitrogens with zero attached hydrogens (tertiary/aromatic N) is 1. The summed E-state index contributed by atoms with van der Waals surface area (Å²) in [6.45, 7) is 0. The first-order valence-corrected chi connectivity index (χ1v) is 5.09. The average Bonchev–Trinajstić information content (AvgIpc) is 2.38. The van der Waals surface area contributed by atoms with Crippen molar-refractivity contribution < 1.29 is 0 Å². The molecule has 2 heteroatoms. The second kappa shape index (κ2) is 4.99. The molecular formula is C14H12N2. The largest absolute Gasteiger partial charge is 0.373 e. The van der Waals surface area contributed by atoms with Gasteiger partial charge >= 0.3 is 0 Å². The normalized spacial score (nSPS) is 9.06. The molecule has 2 aromatic rings. The molecule has 2 nitrogen and oxygen atoms in total. The van der Waals surface area contributed by atoms with Crippen LogP contribution < -0.4 is 5.32 Å². The number of aromatic nitrogens is 1. The van der Waals surface area contributed by atoms with Gasteiger partial charge in [0.05, 0.1) is 0 Å². The first-order chi connectivity index (χ1) is 7.88. The molecule has 1 aromatic carbocycles. The van der Waals surface area contributed by atoms with Gasteiger partial charge in [-0.15, -0.1) is 0 Å². The molecule has 0 spiro atoms. The summed E-state index contributed by atoms with van der Waals surface area (Å²) in [5, 5.41) is 2.99. The van der Waals surface area contributed by atoms with Gasteiger partial charge in [0, 0.05) is 24.4 Å². The van der Waals surface area contributed by atoms with Crippen LogP contribution in [-0.2, 0) is 0 Å². The summed E-state index contributed by atoms with van der Waals surface area (Å²) in [5.41, 5.74) is 1.98. The maximum atomic E-state index is 4.13. The number of hydrogen-bond acceptors (Lipinski definition) is 2. The molecule has 0 amide bonds. The van der Waals surface area contributed by atoms with Crippen LogP contribution in [0.3, 0.4) is 0 Å². The molecule has 1 N–H and O–H groups in total. The maximum absolute atomic E-state index is 4.13. The monoisotopic (exact) mass is 208 g/mol. The first kappa shape index (κ1) is 10.3. The lowest BCUT2D eigenvalue weighted by molar-refractivity contribution is 1.28. The molecule has 0 aliphatic carbocycles. The zero-order chi connectivity index (χ0) is 11.2. The van der Waals surface area contributed by atoms with Crippen molar-refractivity contribution in [3.05, 3.63) is 59.8 Å². The van der Waals surface area contributed by atoms with Crippen molar-refractivity contribution in [1.82, 2.24) is 4.98 Å². The number of nitrogens with one attached hydrogen (secondary N) is 1. The van der Waals surface area contributed by atoms with E-state index in [4.69, 9.17) is 0 Å². The van der Waals surface area contributed by atoms with E-state index in [1.807, 2.05) is 49.5 Å². The zero-order valence-corrected chi connectivity index (χ0v) is 9.07. The van der Waals surface area contributed by atoms with Gasteiger partial charge in [0.15, 0.2) is 0 Å². The Hall–Kier alpha value is -2.27. The first-order valence-electron chi connectivity index (χ1n) is 5.09. The smallest absolute Gasteiger partial charge is 0.126 e. The molecule has 78 valence electrons. The van der Waals surface area contributed by atoms with Crippen LogP contribution >= 0.6 is 0 Å². The summed E-state index contributed by atoms with van der Waals surface area (Å²) in [5.74, 6) is 7.05. The summed E-state index contributed by atoms with van der Waals surface area (Å²) in [4.78, 5) is 4.13. The van der Waals surface area contributed by atoms with Crippen molar-refractivity contribution in [3.8, 4) is 11.8 Å². The van der Waals surface area contributed by atoms with E-state index in [9.17, 15) is 0 Å². The van der Waals surface area contributed by atoms with Gasteiger partial charge in [-0.1, -0.05) is 30.0 Å². The minimum Gasteiger partial charge on any atom is -0.373 e. The number of rotatable bonds is 1. The van der Waals surface area contributed by atoms with Gasteiger partial charge in [-0.2, -0.15) is 0 Å². The highest BCUT2D eigenvalue weighted by molar-refractivity contribution is 5.47. The van der Waals surface area contributed by atoms with E-state index in [0.717, 1.165) is 16.9 Å². The number of benzene rings is 1. The lowest BCUT2D eigenvalue weighted by Crippen LogP contribution is -1.91. The Labute approximate surface area is 95.4 Å². The topological polar surface area (TPSA) is 24.9 Å². The Morgan fingerprint density at radius 1 is 1.00 bits per heavy atom. The van der Waals surface area contributed by atoms with Crippen LogP contribution in [0.4, 0.5) is 5.82 Å². The van der Waals surface area contributed by atoms with Crippen LogP contribution in [0.5, 0.6) is 0 Å². The third-order valence-electron chi connectivity index (χ3n) is 2.14. The van der Waals surface area contributed by atoms with E-state index in [1.54, 1.807) is 6.20 Å². The van der Waals surface area contributed by atoms with Crippen LogP contribution in [0.15, 0.2) is 48.7 Å². The lowest BCUT2D eigenvalue weighted by atomic mass is 10.2. The van der Waals surface area contributed by atoms with Crippen LogP contribution in [-0.4, -0.2) is 12.0 Å². The van der Waals surface area contributed by atoms with E-state index < -0.39 is 0 Å². The minimum atomic E-state index is 0.833. The summed E-state index contributed by atoms with van der Waals surface area (Å²) >= 11 is 0. The molecule has 1 heterocycles. The predicted molar refractivity (Wildman–Crippen MR) is 66.2 cm³/mol. The summed E-state index contributed by atoms with van der Waals surface area (Å²) < 4.78 is 0. The van der Waals surface area contributed by atoms with E-state index >= 15 is 0 Å². The van der Waals surface area contributed by atoms with Gasteiger partial charge in [-0.3, -0.25) is 0 Å². The fourth-order valence-corrected chi connectivity index (χ4v) is 1.31. The minimum absolute atomic E-state index is 0.833. The van der Waals surface area contributed by atoms with E-state index in [1.165, 1.54) is 0 Å². The lowest BCUT2D eigenvalue weighted by Gasteiger charge is -1.97. The van der Waals surface area contributed by atoms with Gasteiger partial charge in [0.1, 0.15) is 5.82 Å². The summed E-state index contributed by atoms with van der Waals surface area (Å²) in [6.07, 6.45) is 1.75. The summed E-state index contributed by atoms with van der Waals surface area (Å²) in [6, 6.07) is 13.8. The fourth-order valence-electron chi connectivity index (χ4n) is 1.31. The number of hydrogen-bond donors (Lipinski definition) is 1. The molecule has 16 heavy (non-hydrogen) atoms. The van der Waals surface area contributed by atoms with Crippen molar-refractivity contribution in [2.24, 2.45) is 0 Å². The molecule has 0 unspecified atom stereocenters. The van der Waals surface area contributed by atoms with Crippen molar-refractivity contribution in [3.63, 3.8) is 0 Å². The van der Waals surface area contributed by atoms with Gasteiger partial charge in [0.25, 0.3) is 0 Å². The molecular weight excluding hydrogens is 196 g/mol. The van der Waals surface area contributed by atoms with Gasteiger partial charge in [-0.05, 0) is 24.3 Å². The number of anilines is 1. The Morgan fingerprint density at radius 2 is 1.75 bits per heavy atom. The molecule has 0 bridgehead atoms. The maximum Gasteiger partial charge on any atom is 0.126 e. The molecule has 0 fully saturated rings. The third-order valence-corrected chi connectivity index (χ3v) is 2.14. The predicted octanol–water partition coefficient (Wildman–Crippen LogP) is 2.52.